The van der Waals surface area contributed by atoms with E-state index in [0.29, 0.717) is 29.4 Å². The number of benzene rings is 2. The molecule has 2 heterocycles. The number of carbonyl (C=O) groups excluding carboxylic acids is 2. The number of hydrogen-bond donors (Lipinski definition) is 1. The van der Waals surface area contributed by atoms with E-state index in [2.05, 4.69) is 22.3 Å². The lowest BCUT2D eigenvalue weighted by atomic mass is 10.0. The molecule has 2 aromatic rings. The van der Waals surface area contributed by atoms with Gasteiger partial charge in [-0.15, -0.1) is 0 Å². The van der Waals surface area contributed by atoms with Gasteiger partial charge in [0.15, 0.2) is 0 Å². The van der Waals surface area contributed by atoms with Gasteiger partial charge in [-0.2, -0.15) is 0 Å². The minimum Gasteiger partial charge on any atom is -0.497 e. The van der Waals surface area contributed by atoms with Crippen molar-refractivity contribution in [3.63, 3.8) is 0 Å². The molecule has 1 unspecified atom stereocenters. The second-order valence-corrected chi connectivity index (χ2v) is 9.27. The highest BCUT2D eigenvalue weighted by atomic mass is 35.5. The first kappa shape index (κ1) is 24.2. The highest BCUT2D eigenvalue weighted by Gasteiger charge is 2.30. The topological polar surface area (TPSA) is 71.1 Å². The lowest BCUT2D eigenvalue weighted by Gasteiger charge is -2.34. The summed E-state index contributed by atoms with van der Waals surface area (Å²) in [4.78, 5) is 28.7. The molecule has 0 saturated carbocycles. The number of piperidine rings is 2. The van der Waals surface area contributed by atoms with Gasteiger partial charge in [0.25, 0.3) is 0 Å². The highest BCUT2D eigenvalue weighted by molar-refractivity contribution is 6.32. The van der Waals surface area contributed by atoms with E-state index < -0.39 is 6.04 Å². The lowest BCUT2D eigenvalue weighted by Crippen LogP contribution is -2.49. The number of methoxy groups -OCH3 is 1. The SMILES string of the molecule is COc1ccc(N2CCC(Oc3ccc(NC(=O)C4CCCCN4C(C)=O)cc3Cl)CC2)cc1. The molecular weight excluding hydrogens is 454 g/mol. The maximum absolute atomic E-state index is 12.8. The van der Waals surface area contributed by atoms with E-state index in [9.17, 15) is 9.59 Å². The molecule has 182 valence electrons. The van der Waals surface area contributed by atoms with Gasteiger partial charge in [0, 0.05) is 50.8 Å². The second kappa shape index (κ2) is 11.0. The average Bonchev–Trinajstić information content (AvgIpc) is 2.86. The third-order valence-electron chi connectivity index (χ3n) is 6.58. The number of hydrogen-bond acceptors (Lipinski definition) is 5. The Balaban J connectivity index is 1.31. The molecule has 0 aliphatic carbocycles. The van der Waals surface area contributed by atoms with Crippen molar-refractivity contribution in [2.75, 3.05) is 37.0 Å². The molecule has 8 heteroatoms. The predicted molar refractivity (Wildman–Crippen MR) is 134 cm³/mol. The van der Waals surface area contributed by atoms with Gasteiger partial charge in [-0.3, -0.25) is 9.59 Å². The molecule has 2 amide bonds. The van der Waals surface area contributed by atoms with E-state index in [-0.39, 0.29) is 17.9 Å². The van der Waals surface area contributed by atoms with Gasteiger partial charge in [0.1, 0.15) is 23.6 Å². The van der Waals surface area contributed by atoms with Crippen LogP contribution in [0.5, 0.6) is 11.5 Å². The highest BCUT2D eigenvalue weighted by Crippen LogP contribution is 2.31. The van der Waals surface area contributed by atoms with Crippen molar-refractivity contribution in [2.24, 2.45) is 0 Å². The fourth-order valence-corrected chi connectivity index (χ4v) is 4.91. The van der Waals surface area contributed by atoms with Crippen LogP contribution in [0.15, 0.2) is 42.5 Å². The first-order valence-corrected chi connectivity index (χ1v) is 12.3. The number of anilines is 2. The van der Waals surface area contributed by atoms with Crippen molar-refractivity contribution >= 4 is 34.8 Å². The largest absolute Gasteiger partial charge is 0.497 e. The quantitative estimate of drug-likeness (QED) is 0.640. The smallest absolute Gasteiger partial charge is 0.247 e. The van der Waals surface area contributed by atoms with Gasteiger partial charge >= 0.3 is 0 Å². The van der Waals surface area contributed by atoms with Gasteiger partial charge in [-0.1, -0.05) is 11.6 Å². The third-order valence-corrected chi connectivity index (χ3v) is 6.88. The molecule has 2 fully saturated rings. The molecule has 2 aliphatic heterocycles. The Hall–Kier alpha value is -2.93. The van der Waals surface area contributed by atoms with E-state index in [1.807, 2.05) is 12.1 Å². The van der Waals surface area contributed by atoms with Crippen molar-refractivity contribution in [2.45, 2.75) is 51.2 Å². The van der Waals surface area contributed by atoms with E-state index in [1.54, 1.807) is 30.2 Å². The third kappa shape index (κ3) is 5.76. The lowest BCUT2D eigenvalue weighted by molar-refractivity contribution is -0.138. The summed E-state index contributed by atoms with van der Waals surface area (Å²) >= 11 is 6.49. The van der Waals surface area contributed by atoms with Gasteiger partial charge < -0.3 is 24.6 Å². The summed E-state index contributed by atoms with van der Waals surface area (Å²) in [6, 6.07) is 13.0. The zero-order valence-corrected chi connectivity index (χ0v) is 20.5. The van der Waals surface area contributed by atoms with Crippen LogP contribution in [0.3, 0.4) is 0 Å². The van der Waals surface area contributed by atoms with Gasteiger partial charge in [-0.05, 0) is 61.7 Å². The Morgan fingerprint density at radius 3 is 2.38 bits per heavy atom. The molecule has 0 spiro atoms. The van der Waals surface area contributed by atoms with E-state index >= 15 is 0 Å². The summed E-state index contributed by atoms with van der Waals surface area (Å²) in [5, 5.41) is 3.37. The number of amides is 2. The Morgan fingerprint density at radius 2 is 1.74 bits per heavy atom. The maximum Gasteiger partial charge on any atom is 0.247 e. The van der Waals surface area contributed by atoms with Crippen LogP contribution in [0.4, 0.5) is 11.4 Å². The minimum absolute atomic E-state index is 0.0698. The van der Waals surface area contributed by atoms with E-state index in [0.717, 1.165) is 44.5 Å². The van der Waals surface area contributed by atoms with Crippen LogP contribution in [0.25, 0.3) is 0 Å². The van der Waals surface area contributed by atoms with Crippen LogP contribution in [-0.4, -0.2) is 55.6 Å². The van der Waals surface area contributed by atoms with Gasteiger partial charge in [-0.25, -0.2) is 0 Å². The first-order chi connectivity index (χ1) is 16.4. The van der Waals surface area contributed by atoms with Crippen LogP contribution in [0, 0.1) is 0 Å². The number of rotatable bonds is 6. The standard InChI is InChI=1S/C26H32ClN3O4/c1-18(31)30-14-4-3-5-24(30)26(32)28-19-6-11-25(23(27)17-19)34-22-12-15-29(16-13-22)20-7-9-21(33-2)10-8-20/h6-11,17,22,24H,3-5,12-16H2,1-2H3,(H,28,32). The molecule has 2 aromatic carbocycles. The number of halogens is 1. The zero-order chi connectivity index (χ0) is 24.1. The normalized spacial score (nSPS) is 19.0. The molecule has 7 nitrogen and oxygen atoms in total. The summed E-state index contributed by atoms with van der Waals surface area (Å²) in [6.07, 6.45) is 4.41. The Bertz CT molecular complexity index is 1010. The minimum atomic E-state index is -0.433. The van der Waals surface area contributed by atoms with E-state index in [1.165, 1.54) is 12.6 Å². The monoisotopic (exact) mass is 485 g/mol. The summed E-state index contributed by atoms with van der Waals surface area (Å²) in [5.41, 5.74) is 1.78. The van der Waals surface area contributed by atoms with Crippen molar-refractivity contribution in [1.29, 1.82) is 0 Å². The average molecular weight is 486 g/mol. The van der Waals surface area contributed by atoms with Crippen molar-refractivity contribution in [3.05, 3.63) is 47.5 Å². The number of ether oxygens (including phenoxy) is 2. The maximum atomic E-state index is 12.8. The molecule has 4 rings (SSSR count). The van der Waals surface area contributed by atoms with Crippen molar-refractivity contribution < 1.29 is 19.1 Å². The first-order valence-electron chi connectivity index (χ1n) is 11.9. The number of nitrogens with one attached hydrogen (secondary N) is 1. The summed E-state index contributed by atoms with van der Waals surface area (Å²) in [6.45, 7) is 3.93. The molecule has 0 aromatic heterocycles. The molecule has 1 atom stereocenters. The summed E-state index contributed by atoms with van der Waals surface area (Å²) < 4.78 is 11.4. The van der Waals surface area contributed by atoms with Crippen molar-refractivity contribution in [1.82, 2.24) is 4.90 Å². The molecular formula is C26H32ClN3O4. The molecule has 0 bridgehead atoms. The zero-order valence-electron chi connectivity index (χ0n) is 19.8. The second-order valence-electron chi connectivity index (χ2n) is 8.86. The Kier molecular flexibility index (Phi) is 7.83. The molecule has 0 radical (unpaired) electrons. The van der Waals surface area contributed by atoms with Gasteiger partial charge in [0.05, 0.1) is 12.1 Å². The number of nitrogens with zero attached hydrogens (tertiary/aromatic N) is 2. The van der Waals surface area contributed by atoms with Crippen LogP contribution < -0.4 is 19.7 Å². The summed E-state index contributed by atoms with van der Waals surface area (Å²) in [5.74, 6) is 1.22. The van der Waals surface area contributed by atoms with Gasteiger partial charge in [0.2, 0.25) is 11.8 Å². The predicted octanol–water partition coefficient (Wildman–Crippen LogP) is 4.74. The van der Waals surface area contributed by atoms with Crippen molar-refractivity contribution in [3.8, 4) is 11.5 Å². The number of carbonyl (C=O) groups is 2. The Labute approximate surface area is 206 Å². The fraction of sp³-hybridized carbons (Fsp3) is 0.462. The van der Waals surface area contributed by atoms with Crippen LogP contribution >= 0.6 is 11.6 Å². The van der Waals surface area contributed by atoms with Crippen LogP contribution in [0.2, 0.25) is 5.02 Å². The van der Waals surface area contributed by atoms with Crippen LogP contribution in [-0.2, 0) is 9.59 Å². The van der Waals surface area contributed by atoms with E-state index in [4.69, 9.17) is 21.1 Å². The molecule has 34 heavy (non-hydrogen) atoms. The fourth-order valence-electron chi connectivity index (χ4n) is 4.69. The summed E-state index contributed by atoms with van der Waals surface area (Å²) in [7, 11) is 1.67. The molecule has 1 N–H and O–H groups in total. The molecule has 2 saturated heterocycles. The number of likely N-dealkylation sites (tertiary alicyclic amines) is 1. The van der Waals surface area contributed by atoms with Crippen LogP contribution in [0.1, 0.15) is 39.0 Å². The molecule has 2 aliphatic rings. The Morgan fingerprint density at radius 1 is 1.00 bits per heavy atom.